The van der Waals surface area contributed by atoms with Gasteiger partial charge in [0.2, 0.25) is 8.32 Å². The van der Waals surface area contributed by atoms with Crippen LogP contribution in [-0.4, -0.2) is 22.7 Å². The molecule has 4 rings (SSSR count). The predicted molar refractivity (Wildman–Crippen MR) is 128 cm³/mol. The lowest BCUT2D eigenvalue weighted by Crippen LogP contribution is -2.51. The highest BCUT2D eigenvalue weighted by Crippen LogP contribution is 2.65. The second kappa shape index (κ2) is 7.10. The monoisotopic (exact) mass is 432 g/mol. The van der Waals surface area contributed by atoms with Gasteiger partial charge in [0.05, 0.1) is 11.9 Å². The summed E-state index contributed by atoms with van der Waals surface area (Å²) in [5.74, 6) is 3.80. The molecule has 0 aliphatic heterocycles. The average molecular weight is 433 g/mol. The van der Waals surface area contributed by atoms with Gasteiger partial charge in [-0.15, -0.1) is 0 Å². The molecule has 5 unspecified atom stereocenters. The van der Waals surface area contributed by atoms with Crippen molar-refractivity contribution in [3.63, 3.8) is 0 Å². The Balaban J connectivity index is 1.58. The number of hydrogen-bond donors (Lipinski definition) is 0. The van der Waals surface area contributed by atoms with Gasteiger partial charge in [-0.05, 0) is 118 Å². The van der Waals surface area contributed by atoms with Crippen LogP contribution in [0.3, 0.4) is 0 Å². The Labute approximate surface area is 181 Å². The molecule has 0 spiro atoms. The van der Waals surface area contributed by atoms with E-state index in [0.29, 0.717) is 16.9 Å². The maximum absolute atomic E-state index is 6.74. The van der Waals surface area contributed by atoms with Gasteiger partial charge in [-0.1, -0.05) is 19.9 Å². The van der Waals surface area contributed by atoms with E-state index in [1.807, 2.05) is 0 Å². The quantitative estimate of drug-likeness (QED) is 0.428. The van der Waals surface area contributed by atoms with Crippen LogP contribution >= 0.6 is 0 Å². The van der Waals surface area contributed by atoms with Gasteiger partial charge in [-0.2, -0.15) is 0 Å². The van der Waals surface area contributed by atoms with E-state index in [-0.39, 0.29) is 0 Å². The zero-order chi connectivity index (χ0) is 21.2. The van der Waals surface area contributed by atoms with Crippen LogP contribution in [0.15, 0.2) is 23.5 Å². The lowest BCUT2D eigenvalue weighted by atomic mass is 9.48. The molecule has 0 saturated heterocycles. The highest BCUT2D eigenvalue weighted by molar-refractivity contribution is 6.70. The lowest BCUT2D eigenvalue weighted by Gasteiger charge is -2.57. The minimum atomic E-state index is -1.52. The Morgan fingerprint density at radius 3 is 2.28 bits per heavy atom. The molecule has 164 valence electrons. The Morgan fingerprint density at radius 2 is 1.62 bits per heavy atom. The van der Waals surface area contributed by atoms with Crippen LogP contribution in [0.1, 0.15) is 58.8 Å². The van der Waals surface area contributed by atoms with Crippen molar-refractivity contribution in [2.24, 2.45) is 28.6 Å². The predicted octanol–water partition coefficient (Wildman–Crippen LogP) is 7.51. The fraction of sp³-hybridized carbons (Fsp3) is 0.840. The van der Waals surface area contributed by atoms with Gasteiger partial charge in [0, 0.05) is 6.42 Å². The highest BCUT2D eigenvalue weighted by atomic mass is 28.4. The molecule has 4 aliphatic rings. The summed E-state index contributed by atoms with van der Waals surface area (Å²) in [5, 5.41) is 0. The summed E-state index contributed by atoms with van der Waals surface area (Å²) in [6.45, 7) is 19.1. The molecule has 2 nitrogen and oxygen atoms in total. The third-order valence-corrected chi connectivity index (χ3v) is 10.4. The molecule has 0 aromatic carbocycles. The van der Waals surface area contributed by atoms with Crippen LogP contribution < -0.4 is 0 Å². The second-order valence-corrected chi connectivity index (χ2v) is 21.7. The van der Waals surface area contributed by atoms with Gasteiger partial charge < -0.3 is 8.85 Å². The van der Waals surface area contributed by atoms with Crippen molar-refractivity contribution in [2.75, 3.05) is 0 Å². The molecule has 2 saturated carbocycles. The van der Waals surface area contributed by atoms with Crippen LogP contribution in [0.25, 0.3) is 0 Å². The average Bonchev–Trinajstić information content (AvgIpc) is 2.89. The van der Waals surface area contributed by atoms with E-state index in [4.69, 9.17) is 8.85 Å². The van der Waals surface area contributed by atoms with Crippen molar-refractivity contribution in [3.8, 4) is 0 Å². The van der Waals surface area contributed by atoms with Crippen LogP contribution in [0.2, 0.25) is 39.3 Å². The highest BCUT2D eigenvalue weighted by Gasteiger charge is 2.59. The molecule has 6 atom stereocenters. The van der Waals surface area contributed by atoms with Crippen molar-refractivity contribution in [1.82, 2.24) is 0 Å². The lowest BCUT2D eigenvalue weighted by molar-refractivity contribution is -0.0579. The largest absolute Gasteiger partial charge is 0.547 e. The Hall–Kier alpha value is -0.326. The van der Waals surface area contributed by atoms with Gasteiger partial charge in [0.15, 0.2) is 8.32 Å². The minimum absolute atomic E-state index is 0.355. The number of hydrogen-bond acceptors (Lipinski definition) is 2. The molecule has 4 aliphatic carbocycles. The summed E-state index contributed by atoms with van der Waals surface area (Å²) in [6.07, 6.45) is 14.6. The standard InChI is InChI=1S/C25H44O2Si2/c1-24-15-13-19(26-28(3,4)5)17-18(24)9-10-20-21-11-12-23(27-29(6,7)8)25(21,2)16-14-22(20)24/h9,17,20-23H,10-16H2,1-8H3/t20?,21?,22?,23-,24?,25?/m0/s1. The third-order valence-electron chi connectivity index (χ3n) is 8.58. The van der Waals surface area contributed by atoms with Crippen LogP contribution in [0.4, 0.5) is 0 Å². The van der Waals surface area contributed by atoms with Crippen LogP contribution in [0, 0.1) is 28.6 Å². The van der Waals surface area contributed by atoms with Crippen molar-refractivity contribution < 1.29 is 8.85 Å². The summed E-state index contributed by atoms with van der Waals surface area (Å²) in [6, 6.07) is 0. The van der Waals surface area contributed by atoms with E-state index in [2.05, 4.69) is 65.3 Å². The molecule has 4 heteroatoms. The Kier molecular flexibility index (Phi) is 5.36. The summed E-state index contributed by atoms with van der Waals surface area (Å²) >= 11 is 0. The summed E-state index contributed by atoms with van der Waals surface area (Å²) in [4.78, 5) is 0. The molecule has 29 heavy (non-hydrogen) atoms. The first-order valence-corrected chi connectivity index (χ1v) is 18.9. The molecule has 0 N–H and O–H groups in total. The summed E-state index contributed by atoms with van der Waals surface area (Å²) in [7, 11) is -3.01. The molecule has 2 fully saturated rings. The smallest absolute Gasteiger partial charge is 0.241 e. The number of allylic oxidation sites excluding steroid dienone is 4. The second-order valence-electron chi connectivity index (χ2n) is 12.9. The topological polar surface area (TPSA) is 18.5 Å². The molecule has 0 heterocycles. The Morgan fingerprint density at radius 1 is 0.897 bits per heavy atom. The molecule has 0 amide bonds. The molecule has 0 aromatic heterocycles. The normalized spacial score (nSPS) is 42.3. The van der Waals surface area contributed by atoms with E-state index in [9.17, 15) is 0 Å². The minimum Gasteiger partial charge on any atom is -0.547 e. The van der Waals surface area contributed by atoms with E-state index < -0.39 is 16.6 Å². The van der Waals surface area contributed by atoms with Gasteiger partial charge >= 0.3 is 0 Å². The van der Waals surface area contributed by atoms with Crippen molar-refractivity contribution in [3.05, 3.63) is 23.5 Å². The SMILES string of the molecule is CC12CCC(O[Si](C)(C)C)=CC1=CCC1C2CCC2(C)C1CC[C@@H]2O[Si](C)(C)C. The first-order chi connectivity index (χ1) is 13.3. The molecular weight excluding hydrogens is 388 g/mol. The molecule has 0 radical (unpaired) electrons. The maximum Gasteiger partial charge on any atom is 0.241 e. The first kappa shape index (κ1) is 21.9. The fourth-order valence-electron chi connectivity index (χ4n) is 7.35. The van der Waals surface area contributed by atoms with Gasteiger partial charge in [-0.3, -0.25) is 0 Å². The first-order valence-electron chi connectivity index (χ1n) is 12.1. The number of fused-ring (bicyclic) bond motifs is 5. The van der Waals surface area contributed by atoms with Crippen LogP contribution in [-0.2, 0) is 8.85 Å². The van der Waals surface area contributed by atoms with Crippen LogP contribution in [0.5, 0.6) is 0 Å². The van der Waals surface area contributed by atoms with Gasteiger partial charge in [0.1, 0.15) is 0 Å². The maximum atomic E-state index is 6.74. The van der Waals surface area contributed by atoms with E-state index in [1.165, 1.54) is 44.3 Å². The van der Waals surface area contributed by atoms with Crippen molar-refractivity contribution in [2.45, 2.75) is 104 Å². The molecule has 0 bridgehead atoms. The Bertz CT molecular complexity index is 713. The fourth-order valence-corrected chi connectivity index (χ4v) is 9.53. The molecular formula is C25H44O2Si2. The molecule has 0 aromatic rings. The zero-order valence-corrected chi connectivity index (χ0v) is 22.2. The van der Waals surface area contributed by atoms with Gasteiger partial charge in [0.25, 0.3) is 0 Å². The summed E-state index contributed by atoms with van der Waals surface area (Å²) < 4.78 is 13.1. The third kappa shape index (κ3) is 3.98. The van der Waals surface area contributed by atoms with Crippen molar-refractivity contribution in [1.29, 1.82) is 0 Å². The number of rotatable bonds is 4. The van der Waals surface area contributed by atoms with E-state index >= 15 is 0 Å². The van der Waals surface area contributed by atoms with E-state index in [0.717, 1.165) is 24.2 Å². The van der Waals surface area contributed by atoms with E-state index in [1.54, 1.807) is 5.57 Å². The van der Waals surface area contributed by atoms with Crippen molar-refractivity contribution >= 4 is 16.6 Å². The zero-order valence-electron chi connectivity index (χ0n) is 20.2. The van der Waals surface area contributed by atoms with Gasteiger partial charge in [-0.25, -0.2) is 0 Å². The summed E-state index contributed by atoms with van der Waals surface area (Å²) in [5.41, 5.74) is 2.35.